The number of aromatic amines is 1. The van der Waals surface area contributed by atoms with Gasteiger partial charge in [0.2, 0.25) is 5.78 Å². The standard InChI is InChI=1S/C26H24FN9O3/c1-3-5-19(28-2)22(37)16-6-4-7-29-24(16)34-10-12-35(13-11-34)26(39)23(38)17-14-30-21-20(17)18(27)15-31-25(21)36-9-8-32-33-36/h3-9,14-15,30,32-33H,1-2,10-13H2/b19-5-. The molecule has 5 rings (SSSR count). The number of carbonyl (C=O) groups excluding carboxylic acids is 3. The molecule has 198 valence electrons. The number of aromatic nitrogens is 3. The number of nitrogens with one attached hydrogen (secondary N) is 3. The van der Waals surface area contributed by atoms with Crippen LogP contribution in [0.15, 0.2) is 72.5 Å². The zero-order valence-electron chi connectivity index (χ0n) is 20.7. The summed E-state index contributed by atoms with van der Waals surface area (Å²) >= 11 is 0. The number of nitrogens with zero attached hydrogens (tertiary/aromatic N) is 6. The summed E-state index contributed by atoms with van der Waals surface area (Å²) in [5, 5.41) is 1.49. The number of aliphatic imine (C=N–C) groups is 1. The van der Waals surface area contributed by atoms with Gasteiger partial charge in [0.1, 0.15) is 11.5 Å². The van der Waals surface area contributed by atoms with E-state index in [1.807, 2.05) is 4.90 Å². The zero-order chi connectivity index (χ0) is 27.5. The minimum atomic E-state index is -0.834. The van der Waals surface area contributed by atoms with Crippen LogP contribution in [0.2, 0.25) is 0 Å². The Morgan fingerprint density at radius 2 is 1.87 bits per heavy atom. The van der Waals surface area contributed by atoms with Crippen LogP contribution in [-0.4, -0.2) is 70.2 Å². The van der Waals surface area contributed by atoms with Crippen LogP contribution in [0.5, 0.6) is 0 Å². The third-order valence-corrected chi connectivity index (χ3v) is 6.38. The number of hydrogen-bond donors (Lipinski definition) is 3. The highest BCUT2D eigenvalue weighted by Crippen LogP contribution is 2.29. The number of hydrazine groups is 2. The first kappa shape index (κ1) is 25.5. The Labute approximate surface area is 222 Å². The van der Waals surface area contributed by atoms with Gasteiger partial charge < -0.3 is 20.2 Å². The maximum absolute atomic E-state index is 14.8. The number of piperazine rings is 1. The van der Waals surface area contributed by atoms with Gasteiger partial charge in [-0.2, -0.15) is 0 Å². The van der Waals surface area contributed by atoms with E-state index in [0.717, 1.165) is 6.20 Å². The predicted molar refractivity (Wildman–Crippen MR) is 143 cm³/mol. The summed E-state index contributed by atoms with van der Waals surface area (Å²) < 4.78 is 14.8. The van der Waals surface area contributed by atoms with Crippen molar-refractivity contribution in [3.8, 4) is 0 Å². The molecule has 0 spiro atoms. The molecule has 3 aromatic heterocycles. The minimum absolute atomic E-state index is 0.0186. The molecule has 2 aliphatic heterocycles. The van der Waals surface area contributed by atoms with E-state index >= 15 is 0 Å². The van der Waals surface area contributed by atoms with E-state index in [-0.39, 0.29) is 41.0 Å². The summed E-state index contributed by atoms with van der Waals surface area (Å²) in [6, 6.07) is 3.30. The molecule has 0 bridgehead atoms. The number of halogens is 1. The number of carbonyl (C=O) groups is 3. The van der Waals surface area contributed by atoms with Crippen molar-refractivity contribution in [2.24, 2.45) is 4.99 Å². The monoisotopic (exact) mass is 529 g/mol. The number of fused-ring (bicyclic) bond motifs is 1. The summed E-state index contributed by atoms with van der Waals surface area (Å²) in [5.74, 6) is -1.90. The first-order valence-corrected chi connectivity index (χ1v) is 11.9. The second kappa shape index (κ2) is 10.7. The summed E-state index contributed by atoms with van der Waals surface area (Å²) in [5.41, 5.74) is 6.22. The molecule has 0 aromatic carbocycles. The van der Waals surface area contributed by atoms with E-state index in [9.17, 15) is 18.8 Å². The fraction of sp³-hybridized carbons (Fsp3) is 0.154. The normalized spacial score (nSPS) is 15.4. The number of hydrogen-bond acceptors (Lipinski definition) is 10. The van der Waals surface area contributed by atoms with E-state index in [1.54, 1.807) is 30.7 Å². The van der Waals surface area contributed by atoms with Gasteiger partial charge in [0.05, 0.1) is 28.2 Å². The predicted octanol–water partition coefficient (Wildman–Crippen LogP) is 1.88. The molecular formula is C26H24FN9O3. The van der Waals surface area contributed by atoms with Gasteiger partial charge in [0, 0.05) is 51.0 Å². The third-order valence-electron chi connectivity index (χ3n) is 6.38. The van der Waals surface area contributed by atoms with E-state index in [0.29, 0.717) is 30.3 Å². The molecule has 39 heavy (non-hydrogen) atoms. The molecule has 3 N–H and O–H groups in total. The average molecular weight is 530 g/mol. The molecular weight excluding hydrogens is 505 g/mol. The van der Waals surface area contributed by atoms with Gasteiger partial charge >= 0.3 is 0 Å². The molecule has 1 amide bonds. The highest BCUT2D eigenvalue weighted by atomic mass is 19.1. The van der Waals surface area contributed by atoms with Crippen LogP contribution in [0, 0.1) is 5.82 Å². The van der Waals surface area contributed by atoms with E-state index < -0.39 is 17.5 Å². The third kappa shape index (κ3) is 4.66. The second-order valence-corrected chi connectivity index (χ2v) is 8.58. The zero-order valence-corrected chi connectivity index (χ0v) is 20.7. The highest BCUT2D eigenvalue weighted by molar-refractivity contribution is 6.45. The smallest absolute Gasteiger partial charge is 0.295 e. The van der Waals surface area contributed by atoms with Crippen molar-refractivity contribution in [2.45, 2.75) is 0 Å². The Morgan fingerprint density at radius 1 is 1.08 bits per heavy atom. The number of Topliss-reactive ketones (excluding diaryl/α,β-unsaturated/α-hetero) is 2. The number of allylic oxidation sites excluding steroid dienone is 3. The molecule has 1 fully saturated rings. The van der Waals surface area contributed by atoms with Crippen molar-refractivity contribution in [2.75, 3.05) is 36.1 Å². The molecule has 0 saturated carbocycles. The molecule has 5 heterocycles. The number of H-pyrrole nitrogens is 1. The van der Waals surface area contributed by atoms with Gasteiger partial charge in [-0.25, -0.2) is 19.4 Å². The van der Waals surface area contributed by atoms with Gasteiger partial charge in [0.15, 0.2) is 11.6 Å². The lowest BCUT2D eigenvalue weighted by atomic mass is 10.1. The van der Waals surface area contributed by atoms with E-state index in [2.05, 4.69) is 44.2 Å². The fourth-order valence-corrected chi connectivity index (χ4v) is 4.49. The Balaban J connectivity index is 1.33. The van der Waals surface area contributed by atoms with Crippen LogP contribution in [-0.2, 0) is 4.79 Å². The van der Waals surface area contributed by atoms with Crippen LogP contribution >= 0.6 is 0 Å². The maximum atomic E-state index is 14.8. The molecule has 2 aliphatic rings. The van der Waals surface area contributed by atoms with Crippen LogP contribution in [0.1, 0.15) is 20.7 Å². The summed E-state index contributed by atoms with van der Waals surface area (Å²) in [6.45, 7) is 8.11. The lowest BCUT2D eigenvalue weighted by Crippen LogP contribution is -2.51. The number of pyridine rings is 2. The molecule has 0 atom stereocenters. The lowest BCUT2D eigenvalue weighted by Gasteiger charge is -2.35. The molecule has 1 saturated heterocycles. The van der Waals surface area contributed by atoms with Gasteiger partial charge in [-0.3, -0.25) is 19.4 Å². The van der Waals surface area contributed by atoms with Crippen molar-refractivity contribution in [1.29, 1.82) is 0 Å². The molecule has 3 aromatic rings. The molecule has 0 unspecified atom stereocenters. The fourth-order valence-electron chi connectivity index (χ4n) is 4.49. The summed E-state index contributed by atoms with van der Waals surface area (Å²) in [4.78, 5) is 57.8. The van der Waals surface area contributed by atoms with Crippen molar-refractivity contribution in [3.05, 3.63) is 84.5 Å². The van der Waals surface area contributed by atoms with E-state index in [1.165, 1.54) is 28.3 Å². The number of rotatable bonds is 8. The summed E-state index contributed by atoms with van der Waals surface area (Å²) in [6.07, 6.45) is 10.1. The van der Waals surface area contributed by atoms with Gasteiger partial charge in [-0.1, -0.05) is 12.7 Å². The SMILES string of the molecule is C=C/C=C(\N=C)C(=O)c1cccnc1N1CCN(C(=O)C(=O)c2c[nH]c3c(N4C=CNN4)ncc(F)c23)CC1. The molecule has 13 heteroatoms. The second-order valence-electron chi connectivity index (χ2n) is 8.58. The number of amides is 1. The lowest BCUT2D eigenvalue weighted by molar-refractivity contribution is -0.126. The maximum Gasteiger partial charge on any atom is 0.295 e. The van der Waals surface area contributed by atoms with Crippen molar-refractivity contribution < 1.29 is 18.8 Å². The highest BCUT2D eigenvalue weighted by Gasteiger charge is 2.31. The van der Waals surface area contributed by atoms with Crippen LogP contribution in [0.25, 0.3) is 10.9 Å². The first-order valence-electron chi connectivity index (χ1n) is 11.9. The molecule has 0 aliphatic carbocycles. The van der Waals surface area contributed by atoms with E-state index in [4.69, 9.17) is 0 Å². The van der Waals surface area contributed by atoms with Crippen LogP contribution in [0.3, 0.4) is 0 Å². The quantitative estimate of drug-likeness (QED) is 0.131. The van der Waals surface area contributed by atoms with Gasteiger partial charge in [-0.05, 0) is 24.9 Å². The van der Waals surface area contributed by atoms with Crippen molar-refractivity contribution in [1.82, 2.24) is 30.8 Å². The topological polar surface area (TPSA) is 139 Å². The Kier molecular flexibility index (Phi) is 6.97. The van der Waals surface area contributed by atoms with Gasteiger partial charge in [-0.15, -0.1) is 5.53 Å². The Bertz CT molecular complexity index is 1550. The minimum Gasteiger partial charge on any atom is -0.357 e. The van der Waals surface area contributed by atoms with Crippen LogP contribution in [0.4, 0.5) is 16.0 Å². The first-order chi connectivity index (χ1) is 18.9. The average Bonchev–Trinajstić information content (AvgIpc) is 3.67. The number of anilines is 2. The number of ketones is 2. The molecule has 12 nitrogen and oxygen atoms in total. The summed E-state index contributed by atoms with van der Waals surface area (Å²) in [7, 11) is 0. The van der Waals surface area contributed by atoms with Crippen LogP contribution < -0.4 is 20.9 Å². The van der Waals surface area contributed by atoms with Crippen molar-refractivity contribution >= 4 is 46.7 Å². The van der Waals surface area contributed by atoms with Crippen molar-refractivity contribution in [3.63, 3.8) is 0 Å². The largest absolute Gasteiger partial charge is 0.357 e. The molecule has 0 radical (unpaired) electrons. The Morgan fingerprint density at radius 3 is 2.56 bits per heavy atom. The Hall–Kier alpha value is -5.17. The van der Waals surface area contributed by atoms with Gasteiger partial charge in [0.25, 0.3) is 11.7 Å².